The Bertz CT molecular complexity index is 304. The maximum absolute atomic E-state index is 5.12. The highest BCUT2D eigenvalue weighted by atomic mass is 127. The van der Waals surface area contributed by atoms with Crippen LogP contribution in [-0.4, -0.2) is 88.9 Å². The zero-order chi connectivity index (χ0) is 15.5. The van der Waals surface area contributed by atoms with Gasteiger partial charge in [0.05, 0.1) is 6.61 Å². The van der Waals surface area contributed by atoms with Crippen molar-refractivity contribution in [2.45, 2.75) is 25.8 Å². The smallest absolute Gasteiger partial charge is 0.191 e. The lowest BCUT2D eigenvalue weighted by atomic mass is 10.3. The molecular formula is C15H34IN5O. The van der Waals surface area contributed by atoms with Crippen LogP contribution in [0.3, 0.4) is 0 Å². The molecule has 7 heteroatoms. The molecule has 0 aromatic heterocycles. The third-order valence-electron chi connectivity index (χ3n) is 3.78. The summed E-state index contributed by atoms with van der Waals surface area (Å²) >= 11 is 0. The number of hydrogen-bond donors (Lipinski definition) is 2. The molecule has 1 heterocycles. The summed E-state index contributed by atoms with van der Waals surface area (Å²) in [4.78, 5) is 9.22. The highest BCUT2D eigenvalue weighted by Gasteiger charge is 2.11. The van der Waals surface area contributed by atoms with Crippen LogP contribution in [0, 0.1) is 0 Å². The van der Waals surface area contributed by atoms with Gasteiger partial charge in [-0.3, -0.25) is 4.99 Å². The van der Waals surface area contributed by atoms with Gasteiger partial charge in [0.25, 0.3) is 0 Å². The summed E-state index contributed by atoms with van der Waals surface area (Å²) in [6.45, 7) is 9.70. The standard InChI is InChI=1S/C15H33N5O.HI/c1-14(13-21-4)18-15(16-2)17-7-5-9-20-10-6-8-19(3)11-12-20;/h14H,5-13H2,1-4H3,(H2,16,17,18);1H. The van der Waals surface area contributed by atoms with E-state index < -0.39 is 0 Å². The summed E-state index contributed by atoms with van der Waals surface area (Å²) in [6.07, 6.45) is 2.42. The van der Waals surface area contributed by atoms with Crippen LogP contribution in [0.4, 0.5) is 0 Å². The molecule has 1 atom stereocenters. The number of halogens is 1. The van der Waals surface area contributed by atoms with Gasteiger partial charge in [-0.2, -0.15) is 0 Å². The average molecular weight is 427 g/mol. The monoisotopic (exact) mass is 427 g/mol. The molecule has 0 aromatic rings. The van der Waals surface area contributed by atoms with Crippen LogP contribution >= 0.6 is 24.0 Å². The molecule has 0 saturated carbocycles. The zero-order valence-corrected chi connectivity index (χ0v) is 16.9. The lowest BCUT2D eigenvalue weighted by Crippen LogP contribution is -2.44. The molecule has 0 aromatic carbocycles. The number of nitrogens with one attached hydrogen (secondary N) is 2. The van der Waals surface area contributed by atoms with E-state index in [4.69, 9.17) is 4.74 Å². The Labute approximate surface area is 153 Å². The van der Waals surface area contributed by atoms with Crippen molar-refractivity contribution < 1.29 is 4.74 Å². The second-order valence-electron chi connectivity index (χ2n) is 5.85. The van der Waals surface area contributed by atoms with Gasteiger partial charge in [0.1, 0.15) is 0 Å². The van der Waals surface area contributed by atoms with E-state index in [1.54, 1.807) is 14.2 Å². The van der Waals surface area contributed by atoms with Crippen molar-refractivity contribution in [2.75, 3.05) is 67.1 Å². The Hall–Kier alpha value is -0.120. The average Bonchev–Trinajstić information content (AvgIpc) is 2.67. The molecule has 0 radical (unpaired) electrons. The van der Waals surface area contributed by atoms with Gasteiger partial charge in [0.15, 0.2) is 5.96 Å². The minimum Gasteiger partial charge on any atom is -0.383 e. The minimum absolute atomic E-state index is 0. The number of guanidine groups is 1. The molecule has 1 aliphatic heterocycles. The van der Waals surface area contributed by atoms with Crippen molar-refractivity contribution in [1.82, 2.24) is 20.4 Å². The normalized spacial score (nSPS) is 19.2. The van der Waals surface area contributed by atoms with Gasteiger partial charge in [-0.1, -0.05) is 0 Å². The molecule has 0 amide bonds. The van der Waals surface area contributed by atoms with Gasteiger partial charge in [0.2, 0.25) is 0 Å². The molecule has 1 fully saturated rings. The topological polar surface area (TPSA) is 52.1 Å². The van der Waals surface area contributed by atoms with Crippen molar-refractivity contribution in [3.05, 3.63) is 0 Å². The van der Waals surface area contributed by atoms with Crippen molar-refractivity contribution in [2.24, 2.45) is 4.99 Å². The predicted molar refractivity (Wildman–Crippen MR) is 104 cm³/mol. The highest BCUT2D eigenvalue weighted by molar-refractivity contribution is 14.0. The Balaban J connectivity index is 0.00000441. The quantitative estimate of drug-likeness (QED) is 0.273. The van der Waals surface area contributed by atoms with Crippen LogP contribution in [0.15, 0.2) is 4.99 Å². The zero-order valence-electron chi connectivity index (χ0n) is 14.6. The molecule has 0 aliphatic carbocycles. The number of methoxy groups -OCH3 is 1. The fraction of sp³-hybridized carbons (Fsp3) is 0.933. The SMILES string of the molecule is CN=C(NCCCN1CCCN(C)CC1)NC(C)COC.I. The highest BCUT2D eigenvalue weighted by Crippen LogP contribution is 2.01. The van der Waals surface area contributed by atoms with Crippen LogP contribution in [0.1, 0.15) is 19.8 Å². The van der Waals surface area contributed by atoms with Crippen molar-refractivity contribution in [3.63, 3.8) is 0 Å². The van der Waals surface area contributed by atoms with Gasteiger partial charge >= 0.3 is 0 Å². The first-order valence-electron chi connectivity index (χ1n) is 8.02. The van der Waals surface area contributed by atoms with Gasteiger partial charge in [0, 0.05) is 39.8 Å². The lowest BCUT2D eigenvalue weighted by molar-refractivity contribution is 0.179. The first kappa shape index (κ1) is 21.9. The maximum atomic E-state index is 5.12. The van der Waals surface area contributed by atoms with Gasteiger partial charge in [-0.15, -0.1) is 24.0 Å². The Kier molecular flexibility index (Phi) is 13.3. The van der Waals surface area contributed by atoms with E-state index in [1.807, 2.05) is 0 Å². The fourth-order valence-corrected chi connectivity index (χ4v) is 2.55. The molecule has 0 bridgehead atoms. The van der Waals surface area contributed by atoms with E-state index in [9.17, 15) is 0 Å². The van der Waals surface area contributed by atoms with Crippen LogP contribution in [-0.2, 0) is 4.74 Å². The second-order valence-corrected chi connectivity index (χ2v) is 5.85. The Morgan fingerprint density at radius 2 is 2.05 bits per heavy atom. The molecule has 22 heavy (non-hydrogen) atoms. The summed E-state index contributed by atoms with van der Waals surface area (Å²) in [5.74, 6) is 0.857. The Morgan fingerprint density at radius 3 is 2.73 bits per heavy atom. The van der Waals surface area contributed by atoms with Gasteiger partial charge in [-0.25, -0.2) is 0 Å². The molecule has 1 unspecified atom stereocenters. The van der Waals surface area contributed by atoms with Crippen molar-refractivity contribution in [1.29, 1.82) is 0 Å². The Morgan fingerprint density at radius 1 is 1.27 bits per heavy atom. The van der Waals surface area contributed by atoms with Crippen LogP contribution in [0.5, 0.6) is 0 Å². The molecule has 132 valence electrons. The first-order chi connectivity index (χ1) is 10.2. The molecular weight excluding hydrogens is 393 g/mol. The van der Waals surface area contributed by atoms with E-state index in [-0.39, 0.29) is 30.0 Å². The number of likely N-dealkylation sites (N-methyl/N-ethyl adjacent to an activating group) is 1. The maximum Gasteiger partial charge on any atom is 0.191 e. The van der Waals surface area contributed by atoms with Crippen LogP contribution < -0.4 is 10.6 Å². The number of ether oxygens (including phenoxy) is 1. The summed E-state index contributed by atoms with van der Waals surface area (Å²) in [7, 11) is 5.73. The van der Waals surface area contributed by atoms with E-state index in [0.29, 0.717) is 6.61 Å². The first-order valence-corrected chi connectivity index (χ1v) is 8.02. The van der Waals surface area contributed by atoms with E-state index >= 15 is 0 Å². The number of rotatable bonds is 7. The van der Waals surface area contributed by atoms with Crippen LogP contribution in [0.25, 0.3) is 0 Å². The third kappa shape index (κ3) is 9.81. The van der Waals surface area contributed by atoms with E-state index in [1.165, 1.54) is 32.6 Å². The fourth-order valence-electron chi connectivity index (χ4n) is 2.55. The number of aliphatic imine (C=N–C) groups is 1. The molecule has 2 N–H and O–H groups in total. The molecule has 1 rings (SSSR count). The van der Waals surface area contributed by atoms with Gasteiger partial charge < -0.3 is 25.2 Å². The number of hydrogen-bond acceptors (Lipinski definition) is 4. The summed E-state index contributed by atoms with van der Waals surface area (Å²) in [5, 5.41) is 6.68. The minimum atomic E-state index is 0. The summed E-state index contributed by atoms with van der Waals surface area (Å²) < 4.78 is 5.12. The predicted octanol–water partition coefficient (Wildman–Crippen LogP) is 0.832. The molecule has 0 spiro atoms. The molecule has 6 nitrogen and oxygen atoms in total. The van der Waals surface area contributed by atoms with Crippen molar-refractivity contribution in [3.8, 4) is 0 Å². The lowest BCUT2D eigenvalue weighted by Gasteiger charge is -2.21. The molecule has 1 saturated heterocycles. The van der Waals surface area contributed by atoms with Crippen LogP contribution in [0.2, 0.25) is 0 Å². The largest absolute Gasteiger partial charge is 0.383 e. The second kappa shape index (κ2) is 13.3. The summed E-state index contributed by atoms with van der Waals surface area (Å²) in [6, 6.07) is 0.266. The van der Waals surface area contributed by atoms with Gasteiger partial charge in [-0.05, 0) is 46.4 Å². The third-order valence-corrected chi connectivity index (χ3v) is 3.78. The number of nitrogens with zero attached hydrogens (tertiary/aromatic N) is 3. The van der Waals surface area contributed by atoms with Crippen molar-refractivity contribution >= 4 is 29.9 Å². The molecule has 1 aliphatic rings. The van der Waals surface area contributed by atoms with E-state index in [0.717, 1.165) is 25.5 Å². The summed E-state index contributed by atoms with van der Waals surface area (Å²) in [5.41, 5.74) is 0. The van der Waals surface area contributed by atoms with E-state index in [2.05, 4.69) is 39.4 Å².